The van der Waals surface area contributed by atoms with Crippen LogP contribution in [0.3, 0.4) is 0 Å². The summed E-state index contributed by atoms with van der Waals surface area (Å²) in [4.78, 5) is 16.3. The summed E-state index contributed by atoms with van der Waals surface area (Å²) in [6.45, 7) is 1.88. The Balaban J connectivity index is 2.04. The monoisotopic (exact) mass is 339 g/mol. The maximum absolute atomic E-state index is 11.9. The minimum Gasteiger partial charge on any atom is -0.326 e. The van der Waals surface area contributed by atoms with E-state index in [1.54, 1.807) is 12.1 Å². The van der Waals surface area contributed by atoms with Crippen molar-refractivity contribution in [2.24, 2.45) is 0 Å². The number of aromatic nitrogens is 1. The van der Waals surface area contributed by atoms with E-state index in [9.17, 15) is 13.2 Å². The number of nitrogens with one attached hydrogen (secondary N) is 1. The number of sulfonamides is 1. The van der Waals surface area contributed by atoms with Crippen molar-refractivity contribution in [1.29, 1.82) is 0 Å². The van der Waals surface area contributed by atoms with Gasteiger partial charge < -0.3 is 5.32 Å². The zero-order valence-electron chi connectivity index (χ0n) is 12.5. The van der Waals surface area contributed by atoms with Crippen molar-refractivity contribution < 1.29 is 13.2 Å². The highest BCUT2D eigenvalue weighted by Crippen LogP contribution is 2.17. The Morgan fingerprint density at radius 2 is 1.91 bits per heavy atom. The van der Waals surface area contributed by atoms with Gasteiger partial charge in [0.05, 0.1) is 22.0 Å². The Morgan fingerprint density at radius 3 is 2.41 bits per heavy atom. The molecule has 0 unspecified atom stereocenters. The SMILES string of the molecule is Cc1nc(CC(=O)Nc2ccc(S(=O)(=O)N(C)C)cc2)cs1. The van der Waals surface area contributed by atoms with Crippen molar-refractivity contribution in [3.8, 4) is 0 Å². The molecule has 0 saturated carbocycles. The Morgan fingerprint density at radius 1 is 1.27 bits per heavy atom. The van der Waals surface area contributed by atoms with Crippen molar-refractivity contribution >= 4 is 33.0 Å². The topological polar surface area (TPSA) is 79.4 Å². The molecule has 118 valence electrons. The molecule has 1 aromatic carbocycles. The van der Waals surface area contributed by atoms with Gasteiger partial charge in [0, 0.05) is 25.2 Å². The number of hydrogen-bond donors (Lipinski definition) is 1. The number of thiazole rings is 1. The van der Waals surface area contributed by atoms with Crippen LogP contribution in [0.1, 0.15) is 10.7 Å². The number of carbonyl (C=O) groups excluding carboxylic acids is 1. The summed E-state index contributed by atoms with van der Waals surface area (Å²) in [5.74, 6) is -0.187. The van der Waals surface area contributed by atoms with E-state index >= 15 is 0 Å². The molecule has 8 heteroatoms. The summed E-state index contributed by atoms with van der Waals surface area (Å²) in [5, 5.41) is 5.49. The minimum absolute atomic E-state index is 0.186. The maximum Gasteiger partial charge on any atom is 0.242 e. The molecule has 0 aliphatic rings. The first kappa shape index (κ1) is 16.6. The van der Waals surface area contributed by atoms with Gasteiger partial charge >= 0.3 is 0 Å². The predicted molar refractivity (Wildman–Crippen MR) is 86.5 cm³/mol. The van der Waals surface area contributed by atoms with Crippen LogP contribution in [-0.2, 0) is 21.2 Å². The molecule has 1 amide bonds. The molecule has 22 heavy (non-hydrogen) atoms. The van der Waals surface area contributed by atoms with Gasteiger partial charge in [-0.05, 0) is 31.2 Å². The van der Waals surface area contributed by atoms with Crippen molar-refractivity contribution in [2.45, 2.75) is 18.2 Å². The molecule has 0 aliphatic heterocycles. The number of benzene rings is 1. The zero-order chi connectivity index (χ0) is 16.3. The lowest BCUT2D eigenvalue weighted by atomic mass is 10.3. The van der Waals surface area contributed by atoms with Crippen LogP contribution in [0.4, 0.5) is 5.69 Å². The second-order valence-electron chi connectivity index (χ2n) is 4.89. The number of carbonyl (C=O) groups is 1. The smallest absolute Gasteiger partial charge is 0.242 e. The zero-order valence-corrected chi connectivity index (χ0v) is 14.2. The first-order chi connectivity index (χ1) is 10.3. The summed E-state index contributed by atoms with van der Waals surface area (Å²) < 4.78 is 25.0. The molecule has 0 saturated heterocycles. The van der Waals surface area contributed by atoms with E-state index in [-0.39, 0.29) is 17.2 Å². The van der Waals surface area contributed by atoms with E-state index in [1.165, 1.54) is 37.6 Å². The molecule has 1 N–H and O–H groups in total. The largest absolute Gasteiger partial charge is 0.326 e. The van der Waals surface area contributed by atoms with Crippen LogP contribution in [0.25, 0.3) is 0 Å². The fourth-order valence-electron chi connectivity index (χ4n) is 1.78. The van der Waals surface area contributed by atoms with Crippen LogP contribution in [0.5, 0.6) is 0 Å². The second-order valence-corrected chi connectivity index (χ2v) is 8.11. The molecular formula is C14H17N3O3S2. The van der Waals surface area contributed by atoms with Gasteiger partial charge in [-0.1, -0.05) is 0 Å². The van der Waals surface area contributed by atoms with Gasteiger partial charge in [0.2, 0.25) is 15.9 Å². The van der Waals surface area contributed by atoms with E-state index in [2.05, 4.69) is 10.3 Å². The Kier molecular flexibility index (Phi) is 4.94. The van der Waals surface area contributed by atoms with E-state index in [4.69, 9.17) is 0 Å². The standard InChI is InChI=1S/C14H17N3O3S2/c1-10-15-12(9-21-10)8-14(18)16-11-4-6-13(7-5-11)22(19,20)17(2)3/h4-7,9H,8H2,1-3H3,(H,16,18). The van der Waals surface area contributed by atoms with Crippen molar-refractivity contribution in [2.75, 3.05) is 19.4 Å². The fourth-order valence-corrected chi connectivity index (χ4v) is 3.29. The Labute approximate surface area is 133 Å². The normalized spacial score (nSPS) is 11.6. The molecule has 2 aromatic rings. The van der Waals surface area contributed by atoms with Crippen LogP contribution in [-0.4, -0.2) is 37.7 Å². The lowest BCUT2D eigenvalue weighted by Crippen LogP contribution is -2.22. The molecule has 0 spiro atoms. The molecule has 0 radical (unpaired) electrons. The lowest BCUT2D eigenvalue weighted by molar-refractivity contribution is -0.115. The van der Waals surface area contributed by atoms with E-state index in [1.807, 2.05) is 12.3 Å². The molecule has 0 fully saturated rings. The van der Waals surface area contributed by atoms with Gasteiger partial charge in [-0.25, -0.2) is 17.7 Å². The third-order valence-corrected chi connectivity index (χ3v) is 5.58. The average Bonchev–Trinajstić information content (AvgIpc) is 2.84. The average molecular weight is 339 g/mol. The molecule has 6 nitrogen and oxygen atoms in total. The number of anilines is 1. The van der Waals surface area contributed by atoms with Gasteiger partial charge in [-0.3, -0.25) is 4.79 Å². The van der Waals surface area contributed by atoms with E-state index < -0.39 is 10.0 Å². The first-order valence-electron chi connectivity index (χ1n) is 6.52. The van der Waals surface area contributed by atoms with Crippen LogP contribution in [0.15, 0.2) is 34.5 Å². The molecular weight excluding hydrogens is 322 g/mol. The van der Waals surface area contributed by atoms with Crippen LogP contribution >= 0.6 is 11.3 Å². The van der Waals surface area contributed by atoms with Gasteiger partial charge in [-0.2, -0.15) is 0 Å². The van der Waals surface area contributed by atoms with Crippen molar-refractivity contribution in [3.63, 3.8) is 0 Å². The summed E-state index contributed by atoms with van der Waals surface area (Å²) in [6, 6.07) is 6.08. The molecule has 1 aromatic heterocycles. The predicted octanol–water partition coefficient (Wildman–Crippen LogP) is 1.88. The minimum atomic E-state index is -3.46. The van der Waals surface area contributed by atoms with Crippen LogP contribution in [0, 0.1) is 6.92 Å². The fraction of sp³-hybridized carbons (Fsp3) is 0.286. The van der Waals surface area contributed by atoms with Crippen molar-refractivity contribution in [3.05, 3.63) is 40.3 Å². The van der Waals surface area contributed by atoms with Crippen LogP contribution in [0.2, 0.25) is 0 Å². The molecule has 2 rings (SSSR count). The Bertz CT molecular complexity index is 765. The van der Waals surface area contributed by atoms with Crippen LogP contribution < -0.4 is 5.32 Å². The molecule has 0 aliphatic carbocycles. The summed E-state index contributed by atoms with van der Waals surface area (Å²) in [5.41, 5.74) is 1.28. The van der Waals surface area contributed by atoms with Gasteiger partial charge in [0.15, 0.2) is 0 Å². The quantitative estimate of drug-likeness (QED) is 0.902. The highest BCUT2D eigenvalue weighted by Gasteiger charge is 2.16. The maximum atomic E-state index is 11.9. The van der Waals surface area contributed by atoms with Crippen molar-refractivity contribution in [1.82, 2.24) is 9.29 Å². The first-order valence-corrected chi connectivity index (χ1v) is 8.84. The number of hydrogen-bond acceptors (Lipinski definition) is 5. The molecule has 1 heterocycles. The number of nitrogens with zero attached hydrogens (tertiary/aromatic N) is 2. The van der Waals surface area contributed by atoms with E-state index in [0.29, 0.717) is 5.69 Å². The van der Waals surface area contributed by atoms with Gasteiger partial charge in [-0.15, -0.1) is 11.3 Å². The second kappa shape index (κ2) is 6.55. The highest BCUT2D eigenvalue weighted by molar-refractivity contribution is 7.89. The molecule has 0 bridgehead atoms. The third kappa shape index (κ3) is 3.90. The number of amides is 1. The lowest BCUT2D eigenvalue weighted by Gasteiger charge is -2.11. The molecule has 0 atom stereocenters. The Hall–Kier alpha value is -1.77. The summed E-state index contributed by atoms with van der Waals surface area (Å²) in [6.07, 6.45) is 0.197. The number of rotatable bonds is 5. The van der Waals surface area contributed by atoms with Gasteiger partial charge in [0.25, 0.3) is 0 Å². The summed E-state index contributed by atoms with van der Waals surface area (Å²) in [7, 11) is -0.510. The summed E-state index contributed by atoms with van der Waals surface area (Å²) >= 11 is 1.50. The van der Waals surface area contributed by atoms with Gasteiger partial charge in [0.1, 0.15) is 0 Å². The van der Waals surface area contributed by atoms with E-state index in [0.717, 1.165) is 15.0 Å². The third-order valence-electron chi connectivity index (χ3n) is 2.92. The highest BCUT2D eigenvalue weighted by atomic mass is 32.2. The number of aryl methyl sites for hydroxylation is 1.